The Kier molecular flexibility index (Phi) is 5.28. The van der Waals surface area contributed by atoms with Crippen LogP contribution in [0.1, 0.15) is 6.42 Å². The Labute approximate surface area is 104 Å². The molecule has 1 amide bonds. The van der Waals surface area contributed by atoms with Gasteiger partial charge in [0.05, 0.1) is 13.0 Å². The van der Waals surface area contributed by atoms with Crippen LogP contribution in [0, 0.1) is 0 Å². The summed E-state index contributed by atoms with van der Waals surface area (Å²) in [6.45, 7) is 0.371. The van der Waals surface area contributed by atoms with Crippen LogP contribution in [0.2, 0.25) is 0 Å². The molecule has 0 spiro atoms. The predicted molar refractivity (Wildman–Crippen MR) is 66.1 cm³/mol. The summed E-state index contributed by atoms with van der Waals surface area (Å²) in [5.41, 5.74) is 2.65. The highest BCUT2D eigenvalue weighted by molar-refractivity contribution is 9.10. The number of benzene rings is 1. The van der Waals surface area contributed by atoms with Crippen molar-refractivity contribution >= 4 is 21.8 Å². The van der Waals surface area contributed by atoms with Crippen molar-refractivity contribution in [3.63, 3.8) is 0 Å². The zero-order chi connectivity index (χ0) is 12.0. The molecule has 1 aromatic rings. The second-order valence-corrected chi connectivity index (χ2v) is 4.40. The lowest BCUT2D eigenvalue weighted by Crippen LogP contribution is -2.36. The molecule has 0 aromatic heterocycles. The first-order chi connectivity index (χ1) is 7.58. The SMILES string of the molecule is CN(C)NC(=O)CCOc1cccc(Br)c1. The van der Waals surface area contributed by atoms with Crippen molar-refractivity contribution in [3.05, 3.63) is 28.7 Å². The maximum Gasteiger partial charge on any atom is 0.237 e. The van der Waals surface area contributed by atoms with Crippen molar-refractivity contribution < 1.29 is 9.53 Å². The van der Waals surface area contributed by atoms with Gasteiger partial charge in [0.25, 0.3) is 0 Å². The second-order valence-electron chi connectivity index (χ2n) is 3.49. The molecule has 4 nitrogen and oxygen atoms in total. The molecular weight excluding hydrogens is 272 g/mol. The van der Waals surface area contributed by atoms with Gasteiger partial charge in [-0.1, -0.05) is 22.0 Å². The average Bonchev–Trinajstić information content (AvgIpc) is 2.16. The number of ether oxygens (including phenoxy) is 1. The number of carbonyl (C=O) groups excluding carboxylic acids is 1. The average molecular weight is 287 g/mol. The number of nitrogens with zero attached hydrogens (tertiary/aromatic N) is 1. The molecule has 0 aliphatic rings. The Hall–Kier alpha value is -1.07. The number of hydrazine groups is 1. The van der Waals surface area contributed by atoms with E-state index in [-0.39, 0.29) is 5.91 Å². The van der Waals surface area contributed by atoms with E-state index in [1.807, 2.05) is 24.3 Å². The zero-order valence-corrected chi connectivity index (χ0v) is 11.0. The van der Waals surface area contributed by atoms with Crippen LogP contribution >= 0.6 is 15.9 Å². The molecule has 0 atom stereocenters. The third-order valence-electron chi connectivity index (χ3n) is 1.74. The minimum Gasteiger partial charge on any atom is -0.493 e. The summed E-state index contributed by atoms with van der Waals surface area (Å²) in [7, 11) is 3.54. The van der Waals surface area contributed by atoms with Crippen LogP contribution < -0.4 is 10.2 Å². The molecule has 16 heavy (non-hydrogen) atoms. The van der Waals surface area contributed by atoms with Gasteiger partial charge in [0.15, 0.2) is 0 Å². The van der Waals surface area contributed by atoms with Crippen LogP contribution in [0.5, 0.6) is 5.75 Å². The van der Waals surface area contributed by atoms with Gasteiger partial charge >= 0.3 is 0 Å². The number of amides is 1. The monoisotopic (exact) mass is 286 g/mol. The zero-order valence-electron chi connectivity index (χ0n) is 9.37. The largest absolute Gasteiger partial charge is 0.493 e. The van der Waals surface area contributed by atoms with Gasteiger partial charge in [0.2, 0.25) is 5.91 Å². The van der Waals surface area contributed by atoms with Gasteiger partial charge in [0, 0.05) is 18.6 Å². The number of nitrogens with one attached hydrogen (secondary N) is 1. The third kappa shape index (κ3) is 5.14. The van der Waals surface area contributed by atoms with Gasteiger partial charge in [-0.25, -0.2) is 5.01 Å². The van der Waals surface area contributed by atoms with Crippen molar-refractivity contribution in [2.24, 2.45) is 0 Å². The van der Waals surface area contributed by atoms with Crippen LogP contribution in [0.15, 0.2) is 28.7 Å². The molecule has 0 radical (unpaired) electrons. The fourth-order valence-corrected chi connectivity index (χ4v) is 1.50. The van der Waals surface area contributed by atoms with Crippen LogP contribution in [0.3, 0.4) is 0 Å². The topological polar surface area (TPSA) is 41.6 Å². The molecule has 1 N–H and O–H groups in total. The highest BCUT2D eigenvalue weighted by Gasteiger charge is 2.02. The summed E-state index contributed by atoms with van der Waals surface area (Å²) in [5.74, 6) is 0.701. The lowest BCUT2D eigenvalue weighted by atomic mass is 10.3. The number of hydrogen-bond acceptors (Lipinski definition) is 3. The lowest BCUT2D eigenvalue weighted by molar-refractivity contribution is -0.125. The van der Waals surface area contributed by atoms with Gasteiger partial charge in [-0.3, -0.25) is 10.2 Å². The van der Waals surface area contributed by atoms with Crippen molar-refractivity contribution in [1.29, 1.82) is 0 Å². The summed E-state index contributed by atoms with van der Waals surface area (Å²) in [4.78, 5) is 11.3. The molecule has 0 unspecified atom stereocenters. The van der Waals surface area contributed by atoms with Gasteiger partial charge in [-0.2, -0.15) is 0 Å². The fourth-order valence-electron chi connectivity index (χ4n) is 1.12. The fraction of sp³-hybridized carbons (Fsp3) is 0.364. The first-order valence-electron chi connectivity index (χ1n) is 4.93. The molecule has 1 aromatic carbocycles. The van der Waals surface area contributed by atoms with Gasteiger partial charge < -0.3 is 4.74 Å². The van der Waals surface area contributed by atoms with Gasteiger partial charge in [0.1, 0.15) is 5.75 Å². The van der Waals surface area contributed by atoms with Gasteiger partial charge in [-0.15, -0.1) is 0 Å². The summed E-state index contributed by atoms with van der Waals surface area (Å²) in [5, 5.41) is 1.61. The quantitative estimate of drug-likeness (QED) is 0.840. The number of carbonyl (C=O) groups is 1. The molecule has 0 saturated carbocycles. The Bertz CT molecular complexity index is 356. The first-order valence-corrected chi connectivity index (χ1v) is 5.72. The normalized spacial score (nSPS) is 10.2. The van der Waals surface area contributed by atoms with E-state index < -0.39 is 0 Å². The molecule has 0 fully saturated rings. The summed E-state index contributed by atoms with van der Waals surface area (Å²) in [6.07, 6.45) is 0.338. The molecule has 0 bridgehead atoms. The molecule has 0 aliphatic carbocycles. The molecular formula is C11H15BrN2O2. The Morgan fingerprint density at radius 3 is 2.88 bits per heavy atom. The van der Waals surface area contributed by atoms with E-state index in [0.29, 0.717) is 13.0 Å². The Morgan fingerprint density at radius 1 is 1.50 bits per heavy atom. The smallest absolute Gasteiger partial charge is 0.237 e. The van der Waals surface area contributed by atoms with Crippen LogP contribution in [0.4, 0.5) is 0 Å². The number of hydrogen-bond donors (Lipinski definition) is 1. The highest BCUT2D eigenvalue weighted by Crippen LogP contribution is 2.17. The lowest BCUT2D eigenvalue weighted by Gasteiger charge is -2.12. The maximum absolute atomic E-state index is 11.3. The molecule has 0 aliphatic heterocycles. The van der Waals surface area contributed by atoms with Crippen LogP contribution in [-0.4, -0.2) is 31.6 Å². The maximum atomic E-state index is 11.3. The first kappa shape index (κ1) is 13.0. The molecule has 5 heteroatoms. The van der Waals surface area contributed by atoms with Gasteiger partial charge in [-0.05, 0) is 18.2 Å². The number of halogens is 1. The second kappa shape index (κ2) is 6.50. The van der Waals surface area contributed by atoms with Crippen LogP contribution in [0.25, 0.3) is 0 Å². The van der Waals surface area contributed by atoms with Crippen molar-refractivity contribution in [2.75, 3.05) is 20.7 Å². The Balaban J connectivity index is 2.28. The highest BCUT2D eigenvalue weighted by atomic mass is 79.9. The Morgan fingerprint density at radius 2 is 2.25 bits per heavy atom. The minimum atomic E-state index is -0.0556. The number of rotatable bonds is 5. The van der Waals surface area contributed by atoms with E-state index in [2.05, 4.69) is 21.4 Å². The molecule has 0 saturated heterocycles. The van der Waals surface area contributed by atoms with Crippen molar-refractivity contribution in [1.82, 2.24) is 10.4 Å². The molecule has 0 heterocycles. The predicted octanol–water partition coefficient (Wildman–Crippen LogP) is 1.81. The molecule has 1 rings (SSSR count). The van der Waals surface area contributed by atoms with E-state index >= 15 is 0 Å². The van der Waals surface area contributed by atoms with E-state index in [1.54, 1.807) is 19.1 Å². The van der Waals surface area contributed by atoms with Crippen molar-refractivity contribution in [3.8, 4) is 5.75 Å². The van der Waals surface area contributed by atoms with E-state index in [4.69, 9.17) is 4.74 Å². The van der Waals surface area contributed by atoms with E-state index in [1.165, 1.54) is 0 Å². The van der Waals surface area contributed by atoms with Crippen LogP contribution in [-0.2, 0) is 4.79 Å². The van der Waals surface area contributed by atoms with E-state index in [9.17, 15) is 4.79 Å². The standard InChI is InChI=1S/C11H15BrN2O2/c1-14(2)13-11(15)6-7-16-10-5-3-4-9(12)8-10/h3-5,8H,6-7H2,1-2H3,(H,13,15). The summed E-state index contributed by atoms with van der Waals surface area (Å²) < 4.78 is 6.39. The molecule has 88 valence electrons. The summed E-state index contributed by atoms with van der Waals surface area (Å²) >= 11 is 3.35. The third-order valence-corrected chi connectivity index (χ3v) is 2.24. The van der Waals surface area contributed by atoms with E-state index in [0.717, 1.165) is 10.2 Å². The summed E-state index contributed by atoms with van der Waals surface area (Å²) in [6, 6.07) is 7.53. The van der Waals surface area contributed by atoms with Crippen molar-refractivity contribution in [2.45, 2.75) is 6.42 Å². The minimum absolute atomic E-state index is 0.0556.